The molecule has 1 saturated carbocycles. The van der Waals surface area contributed by atoms with E-state index in [2.05, 4.69) is 20.5 Å². The van der Waals surface area contributed by atoms with Gasteiger partial charge in [0.2, 0.25) is 5.75 Å². The Balaban J connectivity index is 1.45. The van der Waals surface area contributed by atoms with Crippen molar-refractivity contribution >= 4 is 5.91 Å². The first-order valence-corrected chi connectivity index (χ1v) is 10.8. The maximum Gasteiger partial charge on any atom is 0.296 e. The minimum Gasteiger partial charge on any atom is -0.501 e. The highest BCUT2D eigenvalue weighted by atomic mass is 19.1. The fourth-order valence-electron chi connectivity index (χ4n) is 5.00. The lowest BCUT2D eigenvalue weighted by Crippen LogP contribution is -2.41. The number of hydrogen-bond donors (Lipinski definition) is 2. The molecular weight excluding hydrogens is 415 g/mol. The second-order valence-corrected chi connectivity index (χ2v) is 8.45. The SMILES string of the molecule is O=C(NCc1ccc(F)cc1-n1nccn1)c1nc2n(c(=O)c1O)CCCC21CCCC1. The van der Waals surface area contributed by atoms with Gasteiger partial charge in [0.15, 0.2) is 5.69 Å². The first-order valence-electron chi connectivity index (χ1n) is 10.8. The van der Waals surface area contributed by atoms with Gasteiger partial charge in [-0.05, 0) is 37.3 Å². The maximum absolute atomic E-state index is 13.8. The van der Waals surface area contributed by atoms with Crippen LogP contribution in [-0.2, 0) is 18.5 Å². The van der Waals surface area contributed by atoms with Gasteiger partial charge in [-0.15, -0.1) is 0 Å². The van der Waals surface area contributed by atoms with Crippen LogP contribution >= 0.6 is 0 Å². The predicted octanol–water partition coefficient (Wildman–Crippen LogP) is 2.20. The number of amides is 1. The van der Waals surface area contributed by atoms with Crippen molar-refractivity contribution in [1.29, 1.82) is 0 Å². The van der Waals surface area contributed by atoms with Gasteiger partial charge in [0.25, 0.3) is 11.5 Å². The monoisotopic (exact) mass is 438 g/mol. The van der Waals surface area contributed by atoms with Gasteiger partial charge in [-0.2, -0.15) is 15.0 Å². The zero-order chi connectivity index (χ0) is 22.3. The highest BCUT2D eigenvalue weighted by molar-refractivity contribution is 5.94. The van der Waals surface area contributed by atoms with Crippen LogP contribution in [0.15, 0.2) is 35.4 Å². The molecule has 10 heteroatoms. The van der Waals surface area contributed by atoms with Gasteiger partial charge in [0, 0.05) is 24.6 Å². The van der Waals surface area contributed by atoms with E-state index < -0.39 is 23.0 Å². The topological polar surface area (TPSA) is 115 Å². The Morgan fingerprint density at radius 2 is 1.88 bits per heavy atom. The summed E-state index contributed by atoms with van der Waals surface area (Å²) in [5, 5.41) is 21.2. The first-order chi connectivity index (χ1) is 15.5. The molecule has 0 bridgehead atoms. The summed E-state index contributed by atoms with van der Waals surface area (Å²) in [5.41, 5.74) is -0.0966. The highest BCUT2D eigenvalue weighted by Gasteiger charge is 2.42. The Morgan fingerprint density at radius 3 is 2.62 bits per heavy atom. The number of hydrogen-bond acceptors (Lipinski definition) is 6. The molecule has 2 N–H and O–H groups in total. The van der Waals surface area contributed by atoms with Crippen LogP contribution in [0.2, 0.25) is 0 Å². The van der Waals surface area contributed by atoms with Crippen LogP contribution in [-0.4, -0.2) is 35.6 Å². The van der Waals surface area contributed by atoms with Crippen LogP contribution < -0.4 is 10.9 Å². The number of aromatic hydroxyl groups is 1. The molecule has 1 aromatic carbocycles. The molecule has 32 heavy (non-hydrogen) atoms. The highest BCUT2D eigenvalue weighted by Crippen LogP contribution is 2.45. The van der Waals surface area contributed by atoms with E-state index in [1.54, 1.807) is 0 Å². The van der Waals surface area contributed by atoms with E-state index in [0.717, 1.165) is 38.5 Å². The van der Waals surface area contributed by atoms with E-state index in [4.69, 9.17) is 0 Å². The van der Waals surface area contributed by atoms with Gasteiger partial charge >= 0.3 is 0 Å². The summed E-state index contributed by atoms with van der Waals surface area (Å²) in [6, 6.07) is 4.07. The molecule has 2 aromatic heterocycles. The fraction of sp³-hybridized carbons (Fsp3) is 0.409. The number of rotatable bonds is 4. The molecule has 0 unspecified atom stereocenters. The van der Waals surface area contributed by atoms with Gasteiger partial charge in [-0.3, -0.25) is 14.2 Å². The van der Waals surface area contributed by atoms with E-state index in [1.165, 1.54) is 40.0 Å². The van der Waals surface area contributed by atoms with E-state index in [-0.39, 0.29) is 17.7 Å². The van der Waals surface area contributed by atoms with Gasteiger partial charge in [-0.25, -0.2) is 9.37 Å². The molecule has 9 nitrogen and oxygen atoms in total. The van der Waals surface area contributed by atoms with Gasteiger partial charge in [0.1, 0.15) is 11.6 Å². The molecular formula is C22H23FN6O3. The van der Waals surface area contributed by atoms with Crippen molar-refractivity contribution in [2.24, 2.45) is 0 Å². The summed E-state index contributed by atoms with van der Waals surface area (Å²) < 4.78 is 15.3. The lowest BCUT2D eigenvalue weighted by atomic mass is 9.78. The summed E-state index contributed by atoms with van der Waals surface area (Å²) in [7, 11) is 0. The number of fused-ring (bicyclic) bond motifs is 2. The van der Waals surface area contributed by atoms with Crippen LogP contribution in [0.4, 0.5) is 4.39 Å². The third-order valence-corrected chi connectivity index (χ3v) is 6.55. The number of aromatic nitrogens is 5. The molecule has 2 aliphatic rings. The van der Waals surface area contributed by atoms with Crippen molar-refractivity contribution in [3.05, 3.63) is 63.8 Å². The molecule has 5 rings (SSSR count). The van der Waals surface area contributed by atoms with Crippen molar-refractivity contribution in [1.82, 2.24) is 29.9 Å². The molecule has 3 heterocycles. The summed E-state index contributed by atoms with van der Waals surface area (Å²) in [4.78, 5) is 31.6. The average molecular weight is 438 g/mol. The second-order valence-electron chi connectivity index (χ2n) is 8.45. The predicted molar refractivity (Wildman–Crippen MR) is 112 cm³/mol. The number of carbonyl (C=O) groups is 1. The number of nitrogens with one attached hydrogen (secondary N) is 1. The normalized spacial score (nSPS) is 16.8. The van der Waals surface area contributed by atoms with E-state index in [9.17, 15) is 19.1 Å². The zero-order valence-electron chi connectivity index (χ0n) is 17.4. The molecule has 1 spiro atoms. The van der Waals surface area contributed by atoms with Gasteiger partial charge < -0.3 is 10.4 Å². The number of carbonyl (C=O) groups excluding carboxylic acids is 1. The van der Waals surface area contributed by atoms with Crippen molar-refractivity contribution in [2.75, 3.05) is 0 Å². The fourth-order valence-corrected chi connectivity index (χ4v) is 5.00. The third kappa shape index (κ3) is 3.35. The standard InChI is InChI=1S/C22H23FN6O3/c23-15-5-4-14(16(12-15)29-25-9-10-26-29)13-24-19(31)17-18(30)20(32)28-11-3-8-22(21(28)27-17)6-1-2-7-22/h4-5,9-10,12,30H,1-3,6-8,11,13H2,(H,24,31). The largest absolute Gasteiger partial charge is 0.501 e. The van der Waals surface area contributed by atoms with Crippen molar-refractivity contribution in [2.45, 2.75) is 57.0 Å². The molecule has 1 fully saturated rings. The van der Waals surface area contributed by atoms with Crippen LogP contribution in [0.3, 0.4) is 0 Å². The molecule has 1 aliphatic carbocycles. The zero-order valence-corrected chi connectivity index (χ0v) is 17.4. The second kappa shape index (κ2) is 7.85. The summed E-state index contributed by atoms with van der Waals surface area (Å²) >= 11 is 0. The Kier molecular flexibility index (Phi) is 4.99. The van der Waals surface area contributed by atoms with Crippen molar-refractivity contribution < 1.29 is 14.3 Å². The minimum absolute atomic E-state index is 0.0146. The quantitative estimate of drug-likeness (QED) is 0.645. The summed E-state index contributed by atoms with van der Waals surface area (Å²) in [6.45, 7) is 0.509. The number of nitrogens with zero attached hydrogens (tertiary/aromatic N) is 5. The molecule has 1 aliphatic heterocycles. The van der Waals surface area contributed by atoms with Crippen LogP contribution in [0.25, 0.3) is 5.69 Å². The molecule has 1 amide bonds. The molecule has 166 valence electrons. The lowest BCUT2D eigenvalue weighted by Gasteiger charge is -2.35. The van der Waals surface area contributed by atoms with E-state index in [0.29, 0.717) is 23.6 Å². The van der Waals surface area contributed by atoms with Crippen molar-refractivity contribution in [3.63, 3.8) is 0 Å². The van der Waals surface area contributed by atoms with E-state index in [1.807, 2.05) is 0 Å². The van der Waals surface area contributed by atoms with Crippen LogP contribution in [0.1, 0.15) is 60.4 Å². The molecule has 0 radical (unpaired) electrons. The maximum atomic E-state index is 13.8. The first kappa shape index (κ1) is 20.3. The Hall–Kier alpha value is -3.56. The lowest BCUT2D eigenvalue weighted by molar-refractivity contribution is 0.0940. The van der Waals surface area contributed by atoms with Gasteiger partial charge in [-0.1, -0.05) is 18.9 Å². The Labute approximate surface area is 182 Å². The summed E-state index contributed by atoms with van der Waals surface area (Å²) in [5.74, 6) is -1.16. The smallest absolute Gasteiger partial charge is 0.296 e. The third-order valence-electron chi connectivity index (χ3n) is 6.55. The number of benzene rings is 1. The average Bonchev–Trinajstić information content (AvgIpc) is 3.49. The van der Waals surface area contributed by atoms with Gasteiger partial charge in [0.05, 0.1) is 18.1 Å². The minimum atomic E-state index is -0.662. The molecule has 3 aromatic rings. The van der Waals surface area contributed by atoms with Crippen molar-refractivity contribution in [3.8, 4) is 11.4 Å². The van der Waals surface area contributed by atoms with Crippen LogP contribution in [0.5, 0.6) is 5.75 Å². The Bertz CT molecular complexity index is 1230. The van der Waals surface area contributed by atoms with Crippen LogP contribution in [0, 0.1) is 5.82 Å². The number of halogens is 1. The Morgan fingerprint density at radius 1 is 1.16 bits per heavy atom. The molecule has 0 atom stereocenters. The molecule has 0 saturated heterocycles. The van der Waals surface area contributed by atoms with E-state index >= 15 is 0 Å². The summed E-state index contributed by atoms with van der Waals surface area (Å²) in [6.07, 6.45) is 8.71.